The molecule has 4 atom stereocenters. The number of carbonyl (C=O) groups excluding carboxylic acids is 2. The van der Waals surface area contributed by atoms with Gasteiger partial charge in [-0.1, -0.05) is 6.08 Å². The van der Waals surface area contributed by atoms with E-state index in [1.54, 1.807) is 25.3 Å². The SMILES string of the molecule is COc1cc(O)c(C2C3=CCn4c(=O)n(CCc5nc6cc(OC)c(OC)cc6n(C)c5=O)c(=O)n4C3CC3(Cl)C(=O)N(C)C(=O)C23Cl)c(OC)c1. The molecule has 1 aliphatic carbocycles. The van der Waals surface area contributed by atoms with Gasteiger partial charge in [-0.15, -0.1) is 23.2 Å². The van der Waals surface area contributed by atoms with Gasteiger partial charge in [0.15, 0.2) is 21.2 Å². The lowest BCUT2D eigenvalue weighted by Crippen LogP contribution is -2.59. The molecule has 0 radical (unpaired) electrons. The van der Waals surface area contributed by atoms with Crippen molar-refractivity contribution in [1.29, 1.82) is 0 Å². The second-order valence-electron chi connectivity index (χ2n) is 12.8. The zero-order valence-corrected chi connectivity index (χ0v) is 30.4. The van der Waals surface area contributed by atoms with Crippen molar-refractivity contribution >= 4 is 46.0 Å². The van der Waals surface area contributed by atoms with E-state index in [0.29, 0.717) is 28.1 Å². The Bertz CT molecular complexity index is 2430. The molecule has 3 aliphatic rings. The molecule has 16 nitrogen and oxygen atoms in total. The van der Waals surface area contributed by atoms with E-state index in [1.165, 1.54) is 61.6 Å². The molecule has 18 heteroatoms. The van der Waals surface area contributed by atoms with Crippen LogP contribution >= 0.6 is 23.2 Å². The number of hydrogen-bond donors (Lipinski definition) is 1. The summed E-state index contributed by atoms with van der Waals surface area (Å²) in [5.74, 6) is -2.11. The number of aryl methyl sites for hydroxylation is 2. The first-order chi connectivity index (χ1) is 24.7. The van der Waals surface area contributed by atoms with E-state index < -0.39 is 50.5 Å². The van der Waals surface area contributed by atoms with Gasteiger partial charge in [-0.2, -0.15) is 0 Å². The number of aromatic nitrogens is 5. The number of ether oxygens (including phenoxy) is 4. The lowest BCUT2D eigenvalue weighted by molar-refractivity contribution is -0.137. The van der Waals surface area contributed by atoms with E-state index in [2.05, 4.69) is 4.98 Å². The zero-order valence-electron chi connectivity index (χ0n) is 28.9. The molecule has 7 rings (SSSR count). The highest BCUT2D eigenvalue weighted by Crippen LogP contribution is 2.65. The van der Waals surface area contributed by atoms with Gasteiger partial charge < -0.3 is 28.6 Å². The number of imide groups is 1. The standard InChI is InChI=1S/C34H34Cl2N6O10/c1-38-20-14-24(51-5)23(50-4)13-19(20)37-18(28(38)44)8-9-40-31(47)41-10-7-17-21(42(41)32(40)48)15-33(35)29(45)39(2)30(46)34(33,36)27(17)26-22(43)11-16(49-3)12-25(26)52-6/h7,11-14,21,27,43H,8-10,15H2,1-6H3. The maximum atomic E-state index is 14.2. The van der Waals surface area contributed by atoms with Crippen LogP contribution < -0.4 is 35.9 Å². The molecule has 0 bridgehead atoms. The number of methoxy groups -OCH3 is 4. The summed E-state index contributed by atoms with van der Waals surface area (Å²) in [7, 11) is 8.54. The fourth-order valence-corrected chi connectivity index (χ4v) is 8.80. The maximum absolute atomic E-state index is 14.2. The number of nitrogens with zero attached hydrogens (tertiary/aromatic N) is 6. The number of likely N-dealkylation sites (tertiary alicyclic amines) is 1. The maximum Gasteiger partial charge on any atom is 0.347 e. The Kier molecular flexibility index (Phi) is 8.25. The summed E-state index contributed by atoms with van der Waals surface area (Å²) in [4.78, 5) is 70.2. The predicted octanol–water partition coefficient (Wildman–Crippen LogP) is 1.66. The number of allylic oxidation sites excluding steroid dienone is 2. The van der Waals surface area contributed by atoms with E-state index in [-0.39, 0.29) is 54.4 Å². The Hall–Kier alpha value is -5.22. The van der Waals surface area contributed by atoms with Gasteiger partial charge in [-0.3, -0.25) is 19.3 Å². The van der Waals surface area contributed by atoms with Crippen molar-refractivity contribution < 1.29 is 33.6 Å². The molecule has 2 aliphatic heterocycles. The van der Waals surface area contributed by atoms with Crippen LogP contribution in [0.3, 0.4) is 0 Å². The Balaban J connectivity index is 1.34. The highest BCUT2D eigenvalue weighted by Gasteiger charge is 2.75. The second kappa shape index (κ2) is 12.2. The van der Waals surface area contributed by atoms with Gasteiger partial charge in [0.25, 0.3) is 17.4 Å². The summed E-state index contributed by atoms with van der Waals surface area (Å²) in [6, 6.07) is 4.99. The topological polar surface area (TPSA) is 178 Å². The number of carbonyl (C=O) groups is 2. The smallest absolute Gasteiger partial charge is 0.347 e. The minimum atomic E-state index is -2.16. The second-order valence-corrected chi connectivity index (χ2v) is 14.1. The summed E-state index contributed by atoms with van der Waals surface area (Å²) >= 11 is 14.4. The van der Waals surface area contributed by atoms with Gasteiger partial charge in [0.1, 0.15) is 22.9 Å². The fourth-order valence-electron chi connectivity index (χ4n) is 7.82. The summed E-state index contributed by atoms with van der Waals surface area (Å²) in [6.45, 7) is -0.337. The van der Waals surface area contributed by atoms with Gasteiger partial charge in [0.2, 0.25) is 0 Å². The van der Waals surface area contributed by atoms with Crippen molar-refractivity contribution in [3.05, 3.63) is 78.5 Å². The minimum Gasteiger partial charge on any atom is -0.507 e. The normalized spacial score (nSPS) is 23.6. The number of hydrogen-bond acceptors (Lipinski definition) is 11. The van der Waals surface area contributed by atoms with Crippen molar-refractivity contribution in [1.82, 2.24) is 28.4 Å². The Morgan fingerprint density at radius 2 is 1.56 bits per heavy atom. The van der Waals surface area contributed by atoms with Crippen LogP contribution in [0.15, 0.2) is 50.3 Å². The summed E-state index contributed by atoms with van der Waals surface area (Å²) in [5, 5.41) is 11.4. The summed E-state index contributed by atoms with van der Waals surface area (Å²) < 4.78 is 26.4. The molecule has 2 aromatic heterocycles. The molecule has 0 spiro atoms. The van der Waals surface area contributed by atoms with Gasteiger partial charge in [-0.05, 0) is 5.57 Å². The third-order valence-electron chi connectivity index (χ3n) is 10.4. The van der Waals surface area contributed by atoms with Crippen molar-refractivity contribution in [2.75, 3.05) is 35.5 Å². The molecule has 1 saturated carbocycles. The quantitative estimate of drug-likeness (QED) is 0.157. The van der Waals surface area contributed by atoms with Crippen LogP contribution in [-0.4, -0.2) is 90.5 Å². The Labute approximate surface area is 304 Å². The van der Waals surface area contributed by atoms with Crippen molar-refractivity contribution in [2.45, 2.75) is 47.6 Å². The van der Waals surface area contributed by atoms with Crippen molar-refractivity contribution in [3.8, 4) is 28.7 Å². The monoisotopic (exact) mass is 756 g/mol. The molecule has 4 heterocycles. The fraction of sp³-hybridized carbons (Fsp3) is 0.412. The molecule has 4 unspecified atom stereocenters. The molecule has 2 aromatic carbocycles. The number of benzene rings is 2. The first kappa shape index (κ1) is 35.2. The first-order valence-corrected chi connectivity index (χ1v) is 16.8. The van der Waals surface area contributed by atoms with Gasteiger partial charge in [0.05, 0.1) is 52.1 Å². The third kappa shape index (κ3) is 4.59. The average Bonchev–Trinajstić information content (AvgIpc) is 3.45. The minimum absolute atomic E-state index is 0.0477. The average molecular weight is 758 g/mol. The lowest BCUT2D eigenvalue weighted by Gasteiger charge is -2.49. The van der Waals surface area contributed by atoms with E-state index in [1.807, 2.05) is 0 Å². The number of phenolic OH excluding ortho intramolecular Hbond substituents is 1. The highest BCUT2D eigenvalue weighted by molar-refractivity contribution is 6.53. The lowest BCUT2D eigenvalue weighted by atomic mass is 9.64. The van der Waals surface area contributed by atoms with Gasteiger partial charge in [0, 0.05) is 69.2 Å². The molecule has 52 heavy (non-hydrogen) atoms. The highest BCUT2D eigenvalue weighted by atomic mass is 35.5. The van der Waals surface area contributed by atoms with Crippen LogP contribution in [0, 0.1) is 0 Å². The molecule has 274 valence electrons. The molecular formula is C34H34Cl2N6O10. The summed E-state index contributed by atoms with van der Waals surface area (Å²) in [5.41, 5.74) is -0.409. The molecule has 2 amide bonds. The van der Waals surface area contributed by atoms with Crippen LogP contribution in [0.2, 0.25) is 0 Å². The Morgan fingerprint density at radius 3 is 2.21 bits per heavy atom. The number of phenols is 1. The molecule has 1 N–H and O–H groups in total. The molecular weight excluding hydrogens is 723 g/mol. The third-order valence-corrected chi connectivity index (χ3v) is 11.8. The van der Waals surface area contributed by atoms with Gasteiger partial charge in [-0.25, -0.2) is 28.5 Å². The Morgan fingerprint density at radius 1 is 0.885 bits per heavy atom. The van der Waals surface area contributed by atoms with E-state index >= 15 is 0 Å². The van der Waals surface area contributed by atoms with E-state index in [9.17, 15) is 29.1 Å². The van der Waals surface area contributed by atoms with Crippen LogP contribution in [0.25, 0.3) is 11.0 Å². The van der Waals surface area contributed by atoms with Crippen LogP contribution in [-0.2, 0) is 36.1 Å². The van der Waals surface area contributed by atoms with Crippen molar-refractivity contribution in [2.24, 2.45) is 7.05 Å². The molecule has 4 aromatic rings. The van der Waals surface area contributed by atoms with E-state index in [4.69, 9.17) is 42.1 Å². The molecule has 2 fully saturated rings. The zero-order chi connectivity index (χ0) is 37.6. The van der Waals surface area contributed by atoms with Crippen LogP contribution in [0.1, 0.15) is 29.6 Å². The van der Waals surface area contributed by atoms with Crippen molar-refractivity contribution in [3.63, 3.8) is 0 Å². The largest absolute Gasteiger partial charge is 0.507 e. The predicted molar refractivity (Wildman–Crippen MR) is 187 cm³/mol. The van der Waals surface area contributed by atoms with Crippen LogP contribution in [0.4, 0.5) is 0 Å². The number of alkyl halides is 2. The van der Waals surface area contributed by atoms with Gasteiger partial charge >= 0.3 is 11.4 Å². The summed E-state index contributed by atoms with van der Waals surface area (Å²) in [6.07, 6.45) is 1.22. The number of fused-ring (bicyclic) bond motifs is 5. The number of amides is 2. The van der Waals surface area contributed by atoms with Crippen LogP contribution in [0.5, 0.6) is 28.7 Å². The number of halogens is 2. The first-order valence-electron chi connectivity index (χ1n) is 16.1. The number of aromatic hydroxyl groups is 1. The number of rotatable bonds is 8. The molecule has 1 saturated heterocycles. The van der Waals surface area contributed by atoms with E-state index in [0.717, 1.165) is 9.47 Å².